The van der Waals surface area contributed by atoms with E-state index in [9.17, 15) is 14.4 Å². The molecule has 0 saturated heterocycles. The van der Waals surface area contributed by atoms with Gasteiger partial charge in [0.15, 0.2) is 0 Å². The quantitative estimate of drug-likeness (QED) is 0.461. The third kappa shape index (κ3) is 5.09. The summed E-state index contributed by atoms with van der Waals surface area (Å²) >= 11 is 6.12. The molecular formula is C23H18ClNO4. The summed E-state index contributed by atoms with van der Waals surface area (Å²) in [6, 6.07) is 19.8. The first-order valence-electron chi connectivity index (χ1n) is 8.86. The number of aldehydes is 1. The van der Waals surface area contributed by atoms with Crippen molar-refractivity contribution >= 4 is 35.5 Å². The second kappa shape index (κ2) is 9.17. The van der Waals surface area contributed by atoms with Gasteiger partial charge in [0.25, 0.3) is 5.91 Å². The van der Waals surface area contributed by atoms with E-state index in [1.165, 1.54) is 24.3 Å². The van der Waals surface area contributed by atoms with E-state index in [1.54, 1.807) is 48.5 Å². The highest BCUT2D eigenvalue weighted by molar-refractivity contribution is 6.31. The number of esters is 1. The Morgan fingerprint density at radius 3 is 2.31 bits per heavy atom. The number of anilines is 1. The van der Waals surface area contributed by atoms with Crippen LogP contribution in [0.5, 0.6) is 0 Å². The summed E-state index contributed by atoms with van der Waals surface area (Å²) in [6.07, 6.45) is -0.475. The minimum atomic E-state index is -1.16. The first-order valence-corrected chi connectivity index (χ1v) is 9.24. The number of carbonyl (C=O) groups is 3. The number of rotatable bonds is 6. The second-order valence-electron chi connectivity index (χ2n) is 6.39. The summed E-state index contributed by atoms with van der Waals surface area (Å²) in [4.78, 5) is 36.3. The predicted octanol–water partition coefficient (Wildman–Crippen LogP) is 5.00. The Hall–Kier alpha value is -3.44. The topological polar surface area (TPSA) is 72.5 Å². The maximum absolute atomic E-state index is 12.9. The van der Waals surface area contributed by atoms with Crippen LogP contribution in [-0.2, 0) is 9.53 Å². The van der Waals surface area contributed by atoms with Crippen LogP contribution >= 0.6 is 11.6 Å². The molecule has 146 valence electrons. The van der Waals surface area contributed by atoms with Crippen LogP contribution in [0.25, 0.3) is 0 Å². The number of carbonyl (C=O) groups excluding carboxylic acids is 3. The number of benzene rings is 3. The minimum absolute atomic E-state index is 0.239. The van der Waals surface area contributed by atoms with Gasteiger partial charge in [-0.3, -0.25) is 9.59 Å². The summed E-state index contributed by atoms with van der Waals surface area (Å²) in [5.74, 6) is -1.18. The number of amides is 1. The smallest absolute Gasteiger partial charge is 0.339 e. The van der Waals surface area contributed by atoms with Crippen molar-refractivity contribution in [2.24, 2.45) is 0 Å². The van der Waals surface area contributed by atoms with E-state index >= 15 is 0 Å². The predicted molar refractivity (Wildman–Crippen MR) is 111 cm³/mol. The molecular weight excluding hydrogens is 390 g/mol. The molecule has 0 aromatic heterocycles. The van der Waals surface area contributed by atoms with Gasteiger partial charge in [0.05, 0.1) is 5.56 Å². The Morgan fingerprint density at radius 1 is 1.00 bits per heavy atom. The molecule has 0 radical (unpaired) electrons. The minimum Gasteiger partial charge on any atom is -0.444 e. The highest BCUT2D eigenvalue weighted by atomic mass is 35.5. The van der Waals surface area contributed by atoms with Crippen LogP contribution in [0.15, 0.2) is 72.8 Å². The van der Waals surface area contributed by atoms with E-state index in [-0.39, 0.29) is 5.56 Å². The molecule has 0 saturated carbocycles. The highest BCUT2D eigenvalue weighted by Gasteiger charge is 2.26. The lowest BCUT2D eigenvalue weighted by atomic mass is 10.1. The van der Waals surface area contributed by atoms with Crippen LogP contribution in [0.3, 0.4) is 0 Å². The Labute approximate surface area is 173 Å². The molecule has 0 heterocycles. The van der Waals surface area contributed by atoms with Crippen LogP contribution in [0.4, 0.5) is 5.69 Å². The Balaban J connectivity index is 1.83. The maximum atomic E-state index is 12.9. The number of hydrogen-bond acceptors (Lipinski definition) is 4. The zero-order valence-corrected chi connectivity index (χ0v) is 16.3. The van der Waals surface area contributed by atoms with E-state index in [2.05, 4.69) is 5.32 Å². The third-order valence-electron chi connectivity index (χ3n) is 4.29. The first kappa shape index (κ1) is 20.3. The number of halogens is 1. The number of ether oxygens (including phenoxy) is 1. The molecule has 3 aromatic carbocycles. The van der Waals surface area contributed by atoms with Gasteiger partial charge in [0, 0.05) is 21.8 Å². The molecule has 0 spiro atoms. The second-order valence-corrected chi connectivity index (χ2v) is 6.80. The molecule has 0 bridgehead atoms. The largest absolute Gasteiger partial charge is 0.444 e. The molecule has 1 amide bonds. The normalized spacial score (nSPS) is 11.4. The van der Waals surface area contributed by atoms with Crippen LogP contribution in [0.1, 0.15) is 37.9 Å². The third-order valence-corrected chi connectivity index (χ3v) is 4.69. The highest BCUT2D eigenvalue weighted by Crippen LogP contribution is 2.24. The van der Waals surface area contributed by atoms with Crippen molar-refractivity contribution in [1.29, 1.82) is 0 Å². The van der Waals surface area contributed by atoms with Crippen molar-refractivity contribution < 1.29 is 19.1 Å². The molecule has 0 unspecified atom stereocenters. The molecule has 3 rings (SSSR count). The number of aryl methyl sites for hydroxylation is 1. The summed E-state index contributed by atoms with van der Waals surface area (Å²) in [7, 11) is 0. The molecule has 0 fully saturated rings. The van der Waals surface area contributed by atoms with Gasteiger partial charge in [-0.05, 0) is 36.8 Å². The van der Waals surface area contributed by atoms with Crippen LogP contribution in [-0.4, -0.2) is 18.2 Å². The van der Waals surface area contributed by atoms with Gasteiger partial charge in [-0.25, -0.2) is 4.79 Å². The van der Waals surface area contributed by atoms with Crippen molar-refractivity contribution in [3.8, 4) is 0 Å². The van der Waals surface area contributed by atoms with Gasteiger partial charge >= 0.3 is 5.97 Å². The SMILES string of the molecule is Cc1ccc(NC(=O)[C@@H](OC(=O)c2ccc(C=O)cc2)c2ccccc2)cc1Cl. The zero-order valence-electron chi connectivity index (χ0n) is 15.6. The van der Waals surface area contributed by atoms with Gasteiger partial charge in [-0.15, -0.1) is 0 Å². The molecule has 1 N–H and O–H groups in total. The van der Waals surface area contributed by atoms with Crippen LogP contribution in [0, 0.1) is 6.92 Å². The fourth-order valence-corrected chi connectivity index (χ4v) is 2.83. The number of nitrogens with one attached hydrogen (secondary N) is 1. The lowest BCUT2D eigenvalue weighted by molar-refractivity contribution is -0.125. The van der Waals surface area contributed by atoms with Gasteiger partial charge in [-0.2, -0.15) is 0 Å². The molecule has 29 heavy (non-hydrogen) atoms. The average molecular weight is 408 g/mol. The van der Waals surface area contributed by atoms with E-state index in [1.807, 2.05) is 6.92 Å². The maximum Gasteiger partial charge on any atom is 0.339 e. The molecule has 6 heteroatoms. The summed E-state index contributed by atoms with van der Waals surface area (Å²) in [6.45, 7) is 1.86. The van der Waals surface area contributed by atoms with Crippen LogP contribution in [0.2, 0.25) is 5.02 Å². The molecule has 1 atom stereocenters. The Kier molecular flexibility index (Phi) is 6.42. The lowest BCUT2D eigenvalue weighted by Gasteiger charge is -2.18. The fraction of sp³-hybridized carbons (Fsp3) is 0.0870. The van der Waals surface area contributed by atoms with E-state index in [0.29, 0.717) is 28.1 Å². The summed E-state index contributed by atoms with van der Waals surface area (Å²) in [5.41, 5.74) is 2.59. The first-order chi connectivity index (χ1) is 14.0. The Bertz CT molecular complexity index is 1030. The van der Waals surface area contributed by atoms with Gasteiger partial charge < -0.3 is 10.1 Å². The standard InChI is InChI=1S/C23H18ClNO4/c1-15-7-12-19(13-20(15)24)25-22(27)21(17-5-3-2-4-6-17)29-23(28)18-10-8-16(14-26)9-11-18/h2-14,21H,1H3,(H,25,27)/t21-/m0/s1. The molecule has 0 aliphatic heterocycles. The molecule has 0 aliphatic carbocycles. The van der Waals surface area contributed by atoms with Gasteiger partial charge in [0.2, 0.25) is 6.10 Å². The molecule has 5 nitrogen and oxygen atoms in total. The Morgan fingerprint density at radius 2 is 1.69 bits per heavy atom. The van der Waals surface area contributed by atoms with Crippen molar-refractivity contribution in [3.63, 3.8) is 0 Å². The average Bonchev–Trinajstić information content (AvgIpc) is 2.75. The molecule has 0 aliphatic rings. The number of hydrogen-bond donors (Lipinski definition) is 1. The lowest BCUT2D eigenvalue weighted by Crippen LogP contribution is -2.26. The van der Waals surface area contributed by atoms with E-state index in [4.69, 9.17) is 16.3 Å². The monoisotopic (exact) mass is 407 g/mol. The van der Waals surface area contributed by atoms with Crippen molar-refractivity contribution in [3.05, 3.63) is 100 Å². The van der Waals surface area contributed by atoms with E-state index in [0.717, 1.165) is 5.56 Å². The summed E-state index contributed by atoms with van der Waals surface area (Å²) in [5, 5.41) is 3.26. The van der Waals surface area contributed by atoms with E-state index < -0.39 is 18.0 Å². The summed E-state index contributed by atoms with van der Waals surface area (Å²) < 4.78 is 5.51. The van der Waals surface area contributed by atoms with Crippen molar-refractivity contribution in [2.45, 2.75) is 13.0 Å². The van der Waals surface area contributed by atoms with Crippen LogP contribution < -0.4 is 5.32 Å². The van der Waals surface area contributed by atoms with Gasteiger partial charge in [-0.1, -0.05) is 60.1 Å². The van der Waals surface area contributed by atoms with Crippen molar-refractivity contribution in [2.75, 3.05) is 5.32 Å². The van der Waals surface area contributed by atoms with Gasteiger partial charge in [0.1, 0.15) is 6.29 Å². The van der Waals surface area contributed by atoms with Crippen molar-refractivity contribution in [1.82, 2.24) is 0 Å². The zero-order chi connectivity index (χ0) is 20.8. The molecule has 3 aromatic rings. The fourth-order valence-electron chi connectivity index (χ4n) is 2.65.